The zero-order chi connectivity index (χ0) is 23.5. The van der Waals surface area contributed by atoms with Gasteiger partial charge in [-0.3, -0.25) is 9.69 Å². The first-order valence-electron chi connectivity index (χ1n) is 11.6. The number of hydrogen-bond donors (Lipinski definition) is 0. The number of aromatic nitrogens is 2. The molecule has 1 amide bonds. The van der Waals surface area contributed by atoms with Gasteiger partial charge < -0.3 is 9.32 Å². The average molecular weight is 495 g/mol. The monoisotopic (exact) mass is 494 g/mol. The number of halogens is 1. The number of likely N-dealkylation sites (tertiary alicyclic amines) is 1. The van der Waals surface area contributed by atoms with Crippen molar-refractivity contribution in [3.05, 3.63) is 82.8 Å². The Bertz CT molecular complexity index is 1250. The first-order chi connectivity index (χ1) is 16.6. The van der Waals surface area contributed by atoms with E-state index in [9.17, 15) is 4.79 Å². The van der Waals surface area contributed by atoms with E-state index in [1.54, 1.807) is 18.4 Å². The summed E-state index contributed by atoms with van der Waals surface area (Å²) in [6.45, 7) is 2.87. The molecule has 1 atom stereocenters. The standard InChI is InChI=1S/C26H27ClN4O2S/c1-30(26(32)25-7-4-14-33-25)24(16-20-5-2-3-6-21(20)27)19-10-12-31(13-11-19)17-18-8-9-22-23(15-18)29-34-28-22/h2-9,14-15,19,24H,10-13,16-17H2,1H3/t24-/m0/s1. The molecule has 1 aliphatic rings. The second kappa shape index (κ2) is 10.3. The second-order valence-electron chi connectivity index (χ2n) is 8.96. The van der Waals surface area contributed by atoms with E-state index in [4.69, 9.17) is 16.0 Å². The van der Waals surface area contributed by atoms with Crippen molar-refractivity contribution in [3.8, 4) is 0 Å². The Morgan fingerprint density at radius 3 is 2.71 bits per heavy atom. The molecule has 176 valence electrons. The second-order valence-corrected chi connectivity index (χ2v) is 9.89. The van der Waals surface area contributed by atoms with E-state index in [1.165, 1.54) is 17.3 Å². The van der Waals surface area contributed by atoms with Gasteiger partial charge in [0.05, 0.1) is 18.0 Å². The molecule has 0 radical (unpaired) electrons. The highest BCUT2D eigenvalue weighted by Crippen LogP contribution is 2.30. The number of likely N-dealkylation sites (N-methyl/N-ethyl adjacent to an activating group) is 1. The summed E-state index contributed by atoms with van der Waals surface area (Å²) in [5.41, 5.74) is 4.26. The molecule has 6 nitrogen and oxygen atoms in total. The molecular weight excluding hydrogens is 468 g/mol. The molecular formula is C26H27ClN4O2S. The molecule has 5 rings (SSSR count). The molecule has 4 aromatic rings. The van der Waals surface area contributed by atoms with Crippen molar-refractivity contribution < 1.29 is 9.21 Å². The van der Waals surface area contributed by atoms with Crippen molar-refractivity contribution in [2.75, 3.05) is 20.1 Å². The van der Waals surface area contributed by atoms with Crippen LogP contribution in [0.15, 0.2) is 65.3 Å². The summed E-state index contributed by atoms with van der Waals surface area (Å²) in [7, 11) is 1.88. The van der Waals surface area contributed by atoms with Crippen LogP contribution in [0.3, 0.4) is 0 Å². The van der Waals surface area contributed by atoms with Gasteiger partial charge in [0.1, 0.15) is 11.0 Å². The summed E-state index contributed by atoms with van der Waals surface area (Å²) >= 11 is 7.75. The Kier molecular flexibility index (Phi) is 6.94. The van der Waals surface area contributed by atoms with Crippen LogP contribution in [0.25, 0.3) is 11.0 Å². The molecule has 34 heavy (non-hydrogen) atoms. The third-order valence-corrected chi connectivity index (χ3v) is 7.76. The first-order valence-corrected chi connectivity index (χ1v) is 12.7. The summed E-state index contributed by atoms with van der Waals surface area (Å²) in [5, 5.41) is 0.746. The Morgan fingerprint density at radius 1 is 1.15 bits per heavy atom. The van der Waals surface area contributed by atoms with Crippen molar-refractivity contribution in [2.24, 2.45) is 5.92 Å². The number of nitrogens with zero attached hydrogens (tertiary/aromatic N) is 4. The molecule has 2 aromatic heterocycles. The smallest absolute Gasteiger partial charge is 0.289 e. The van der Waals surface area contributed by atoms with Crippen LogP contribution in [0.5, 0.6) is 0 Å². The van der Waals surface area contributed by atoms with Crippen LogP contribution in [-0.4, -0.2) is 50.6 Å². The van der Waals surface area contributed by atoms with Gasteiger partial charge in [0.25, 0.3) is 5.91 Å². The molecule has 1 fully saturated rings. The van der Waals surface area contributed by atoms with Crippen molar-refractivity contribution in [3.63, 3.8) is 0 Å². The predicted octanol–water partition coefficient (Wildman–Crippen LogP) is 5.53. The number of hydrogen-bond acceptors (Lipinski definition) is 6. The largest absolute Gasteiger partial charge is 0.459 e. The number of carbonyl (C=O) groups excluding carboxylic acids is 1. The average Bonchev–Trinajstić information content (AvgIpc) is 3.55. The number of rotatable bonds is 7. The first kappa shape index (κ1) is 23.0. The fraction of sp³-hybridized carbons (Fsp3) is 0.346. The zero-order valence-electron chi connectivity index (χ0n) is 19.1. The van der Waals surface area contributed by atoms with E-state index in [1.807, 2.05) is 30.1 Å². The molecule has 0 aliphatic carbocycles. The summed E-state index contributed by atoms with van der Waals surface area (Å²) in [6.07, 6.45) is 4.30. The molecule has 2 aromatic carbocycles. The maximum Gasteiger partial charge on any atom is 0.289 e. The zero-order valence-corrected chi connectivity index (χ0v) is 20.6. The lowest BCUT2D eigenvalue weighted by Crippen LogP contribution is -2.47. The van der Waals surface area contributed by atoms with Crippen LogP contribution < -0.4 is 0 Å². The Balaban J connectivity index is 1.29. The third kappa shape index (κ3) is 5.02. The summed E-state index contributed by atoms with van der Waals surface area (Å²) < 4.78 is 14.1. The number of benzene rings is 2. The molecule has 1 aliphatic heterocycles. The minimum absolute atomic E-state index is 0.0390. The Morgan fingerprint density at radius 2 is 1.94 bits per heavy atom. The molecule has 3 heterocycles. The minimum atomic E-state index is -0.0883. The van der Waals surface area contributed by atoms with E-state index < -0.39 is 0 Å². The molecule has 0 spiro atoms. The van der Waals surface area contributed by atoms with Gasteiger partial charge >= 0.3 is 0 Å². The van der Waals surface area contributed by atoms with Gasteiger partial charge in [0.15, 0.2) is 5.76 Å². The molecule has 0 unspecified atom stereocenters. The van der Waals surface area contributed by atoms with Gasteiger partial charge in [-0.25, -0.2) is 0 Å². The number of amides is 1. The number of furan rings is 1. The number of carbonyl (C=O) groups is 1. The van der Waals surface area contributed by atoms with Gasteiger partial charge in [0, 0.05) is 24.7 Å². The van der Waals surface area contributed by atoms with Gasteiger partial charge in [-0.1, -0.05) is 35.9 Å². The van der Waals surface area contributed by atoms with Gasteiger partial charge in [-0.15, -0.1) is 0 Å². The number of piperidine rings is 1. The van der Waals surface area contributed by atoms with Crippen molar-refractivity contribution in [1.29, 1.82) is 0 Å². The van der Waals surface area contributed by atoms with Gasteiger partial charge in [0.2, 0.25) is 0 Å². The van der Waals surface area contributed by atoms with Crippen molar-refractivity contribution in [1.82, 2.24) is 18.5 Å². The maximum absolute atomic E-state index is 13.1. The minimum Gasteiger partial charge on any atom is -0.459 e. The highest BCUT2D eigenvalue weighted by atomic mass is 35.5. The maximum atomic E-state index is 13.1. The SMILES string of the molecule is CN(C(=O)c1ccco1)[C@@H](Cc1ccccc1Cl)C1CCN(Cc2ccc3nsnc3c2)CC1. The normalized spacial score (nSPS) is 16.1. The highest BCUT2D eigenvalue weighted by Gasteiger charge is 2.33. The molecule has 0 bridgehead atoms. The van der Waals surface area contributed by atoms with E-state index in [2.05, 4.69) is 37.9 Å². The van der Waals surface area contributed by atoms with Crippen molar-refractivity contribution in [2.45, 2.75) is 31.8 Å². The van der Waals surface area contributed by atoms with Crippen LogP contribution in [0, 0.1) is 5.92 Å². The van der Waals surface area contributed by atoms with Crippen LogP contribution in [0.2, 0.25) is 5.02 Å². The fourth-order valence-electron chi connectivity index (χ4n) is 4.91. The Labute approximate surface area is 208 Å². The summed E-state index contributed by atoms with van der Waals surface area (Å²) in [6, 6.07) is 17.8. The van der Waals surface area contributed by atoms with E-state index in [0.29, 0.717) is 11.7 Å². The van der Waals surface area contributed by atoms with Crippen LogP contribution in [0.1, 0.15) is 34.5 Å². The van der Waals surface area contributed by atoms with Crippen LogP contribution in [0.4, 0.5) is 0 Å². The van der Waals surface area contributed by atoms with E-state index in [-0.39, 0.29) is 11.9 Å². The van der Waals surface area contributed by atoms with Crippen molar-refractivity contribution >= 4 is 40.3 Å². The van der Waals surface area contributed by atoms with E-state index in [0.717, 1.165) is 60.5 Å². The van der Waals surface area contributed by atoms with Gasteiger partial charge in [-0.05, 0) is 79.7 Å². The van der Waals surface area contributed by atoms with Crippen LogP contribution >= 0.6 is 23.3 Å². The summed E-state index contributed by atoms with van der Waals surface area (Å²) in [4.78, 5) is 17.5. The highest BCUT2D eigenvalue weighted by molar-refractivity contribution is 7.00. The molecule has 1 saturated heterocycles. The topological polar surface area (TPSA) is 62.5 Å². The molecule has 0 saturated carbocycles. The Hall–Kier alpha value is -2.74. The third-order valence-electron chi connectivity index (χ3n) is 6.84. The fourth-order valence-corrected chi connectivity index (χ4v) is 5.64. The summed E-state index contributed by atoms with van der Waals surface area (Å²) in [5.74, 6) is 0.660. The lowest BCUT2D eigenvalue weighted by atomic mass is 9.84. The lowest BCUT2D eigenvalue weighted by molar-refractivity contribution is 0.0556. The quantitative estimate of drug-likeness (QED) is 0.338. The van der Waals surface area contributed by atoms with Crippen LogP contribution in [-0.2, 0) is 13.0 Å². The lowest BCUT2D eigenvalue weighted by Gasteiger charge is -2.40. The molecule has 0 N–H and O–H groups in total. The predicted molar refractivity (Wildman–Crippen MR) is 135 cm³/mol. The van der Waals surface area contributed by atoms with Gasteiger partial charge in [-0.2, -0.15) is 8.75 Å². The molecule has 8 heteroatoms. The number of fused-ring (bicyclic) bond motifs is 1. The van der Waals surface area contributed by atoms with E-state index >= 15 is 0 Å².